The van der Waals surface area contributed by atoms with Gasteiger partial charge in [0, 0.05) is 18.4 Å². The van der Waals surface area contributed by atoms with Gasteiger partial charge in [0.05, 0.1) is 0 Å². The molecule has 0 fully saturated rings. The van der Waals surface area contributed by atoms with Gasteiger partial charge in [0.1, 0.15) is 12.0 Å². The topological polar surface area (TPSA) is 67.1 Å². The quantitative estimate of drug-likeness (QED) is 0.769. The van der Waals surface area contributed by atoms with E-state index in [-0.39, 0.29) is 0 Å². The summed E-state index contributed by atoms with van der Waals surface area (Å²) in [7, 11) is 1.93. The van der Waals surface area contributed by atoms with Crippen molar-refractivity contribution in [1.29, 1.82) is 0 Å². The molecule has 2 aromatic carbocycles. The molecule has 3 N–H and O–H groups in total. The Balaban J connectivity index is 1.92. The van der Waals surface area contributed by atoms with Gasteiger partial charge in [0.2, 0.25) is 0 Å². The molecule has 5 nitrogen and oxygen atoms in total. The molecule has 22 heavy (non-hydrogen) atoms. The van der Waals surface area contributed by atoms with Crippen molar-refractivity contribution >= 4 is 28.7 Å². The lowest BCUT2D eigenvalue weighted by molar-refractivity contribution is 1.09. The minimum Gasteiger partial charge on any atom is -0.393 e. The summed E-state index contributed by atoms with van der Waals surface area (Å²) in [5.41, 5.74) is 8.70. The van der Waals surface area contributed by atoms with Gasteiger partial charge in [0.15, 0.2) is 11.6 Å². The molecule has 0 aliphatic carbocycles. The van der Waals surface area contributed by atoms with Crippen LogP contribution in [0.4, 0.5) is 28.7 Å². The standard InChI is InChI=1S/C17H17N5/c1-22(14-10-6-3-7-11-14)17-15(18)16(19-12-20-17)21-13-8-4-2-5-9-13/h2-12H,18H2,1H3,(H,19,20,21). The lowest BCUT2D eigenvalue weighted by Gasteiger charge is -2.21. The molecule has 0 saturated heterocycles. The third-order valence-corrected chi connectivity index (χ3v) is 3.36. The van der Waals surface area contributed by atoms with E-state index >= 15 is 0 Å². The minimum atomic E-state index is 0.512. The number of nitrogen functional groups attached to an aromatic ring is 1. The van der Waals surface area contributed by atoms with Gasteiger partial charge in [-0.2, -0.15) is 0 Å². The Hall–Kier alpha value is -3.08. The minimum absolute atomic E-state index is 0.512. The Kier molecular flexibility index (Phi) is 3.87. The number of hydrogen-bond donors (Lipinski definition) is 2. The highest BCUT2D eigenvalue weighted by Crippen LogP contribution is 2.31. The van der Waals surface area contributed by atoms with E-state index < -0.39 is 0 Å². The fourth-order valence-electron chi connectivity index (χ4n) is 2.19. The molecule has 5 heteroatoms. The first-order valence-electron chi connectivity index (χ1n) is 6.97. The summed E-state index contributed by atoms with van der Waals surface area (Å²) in [6, 6.07) is 19.7. The maximum Gasteiger partial charge on any atom is 0.161 e. The van der Waals surface area contributed by atoms with Crippen LogP contribution in [0, 0.1) is 0 Å². The zero-order valence-corrected chi connectivity index (χ0v) is 12.3. The average molecular weight is 291 g/mol. The maximum absolute atomic E-state index is 6.24. The van der Waals surface area contributed by atoms with E-state index in [1.54, 1.807) is 0 Å². The van der Waals surface area contributed by atoms with Crippen molar-refractivity contribution in [2.24, 2.45) is 0 Å². The first kappa shape index (κ1) is 13.9. The molecular weight excluding hydrogens is 274 g/mol. The lowest BCUT2D eigenvalue weighted by Crippen LogP contribution is -2.15. The molecule has 0 aliphatic rings. The number of para-hydroxylation sites is 2. The largest absolute Gasteiger partial charge is 0.393 e. The van der Waals surface area contributed by atoms with Crippen molar-refractivity contribution in [2.45, 2.75) is 0 Å². The molecule has 0 spiro atoms. The fraction of sp³-hybridized carbons (Fsp3) is 0.0588. The number of hydrogen-bond acceptors (Lipinski definition) is 5. The number of benzene rings is 2. The van der Waals surface area contributed by atoms with Crippen LogP contribution in [-0.4, -0.2) is 17.0 Å². The Morgan fingerprint density at radius 1 is 0.909 bits per heavy atom. The van der Waals surface area contributed by atoms with Gasteiger partial charge in [-0.15, -0.1) is 0 Å². The van der Waals surface area contributed by atoms with E-state index in [1.165, 1.54) is 6.33 Å². The van der Waals surface area contributed by atoms with Gasteiger partial charge in [0.25, 0.3) is 0 Å². The molecule has 0 unspecified atom stereocenters. The maximum atomic E-state index is 6.24. The third kappa shape index (κ3) is 2.83. The molecule has 3 aromatic rings. The second-order valence-corrected chi connectivity index (χ2v) is 4.85. The molecule has 0 saturated carbocycles. The average Bonchev–Trinajstić information content (AvgIpc) is 2.58. The zero-order chi connectivity index (χ0) is 15.4. The van der Waals surface area contributed by atoms with E-state index in [1.807, 2.05) is 72.6 Å². The third-order valence-electron chi connectivity index (χ3n) is 3.36. The Morgan fingerprint density at radius 2 is 1.55 bits per heavy atom. The Labute approximate surface area is 129 Å². The Morgan fingerprint density at radius 3 is 2.23 bits per heavy atom. The molecule has 3 rings (SSSR count). The van der Waals surface area contributed by atoms with Gasteiger partial charge in [-0.3, -0.25) is 0 Å². The molecule has 1 heterocycles. The number of nitrogens with zero attached hydrogens (tertiary/aromatic N) is 3. The van der Waals surface area contributed by atoms with Gasteiger partial charge >= 0.3 is 0 Å². The van der Waals surface area contributed by atoms with E-state index in [9.17, 15) is 0 Å². The fourth-order valence-corrected chi connectivity index (χ4v) is 2.19. The van der Waals surface area contributed by atoms with Gasteiger partial charge in [-0.25, -0.2) is 9.97 Å². The highest BCUT2D eigenvalue weighted by atomic mass is 15.2. The highest BCUT2D eigenvalue weighted by Gasteiger charge is 2.13. The Bertz CT molecular complexity index is 744. The summed E-state index contributed by atoms with van der Waals surface area (Å²) in [6.45, 7) is 0. The van der Waals surface area contributed by atoms with Gasteiger partial charge < -0.3 is 16.0 Å². The number of nitrogens with one attached hydrogen (secondary N) is 1. The molecule has 0 aliphatic heterocycles. The van der Waals surface area contributed by atoms with E-state index in [4.69, 9.17) is 5.73 Å². The van der Waals surface area contributed by atoms with E-state index in [0.29, 0.717) is 17.3 Å². The number of aromatic nitrogens is 2. The predicted molar refractivity (Wildman–Crippen MR) is 90.7 cm³/mol. The number of anilines is 5. The highest BCUT2D eigenvalue weighted by molar-refractivity contribution is 5.81. The van der Waals surface area contributed by atoms with Crippen LogP contribution in [-0.2, 0) is 0 Å². The van der Waals surface area contributed by atoms with Crippen LogP contribution in [0.1, 0.15) is 0 Å². The second-order valence-electron chi connectivity index (χ2n) is 4.85. The molecule has 0 bridgehead atoms. The van der Waals surface area contributed by atoms with E-state index in [2.05, 4.69) is 15.3 Å². The zero-order valence-electron chi connectivity index (χ0n) is 12.3. The number of rotatable bonds is 4. The van der Waals surface area contributed by atoms with Crippen molar-refractivity contribution in [2.75, 3.05) is 23.0 Å². The van der Waals surface area contributed by atoms with Crippen molar-refractivity contribution in [3.63, 3.8) is 0 Å². The number of nitrogens with two attached hydrogens (primary N) is 1. The summed E-state index contributed by atoms with van der Waals surface area (Å²) in [5.74, 6) is 1.26. The van der Waals surface area contributed by atoms with E-state index in [0.717, 1.165) is 11.4 Å². The van der Waals surface area contributed by atoms with Crippen molar-refractivity contribution in [1.82, 2.24) is 9.97 Å². The normalized spacial score (nSPS) is 10.2. The molecule has 0 radical (unpaired) electrons. The van der Waals surface area contributed by atoms with Gasteiger partial charge in [-0.05, 0) is 24.3 Å². The first-order chi connectivity index (χ1) is 10.8. The first-order valence-corrected chi connectivity index (χ1v) is 6.97. The van der Waals surface area contributed by atoms with Crippen molar-refractivity contribution in [3.05, 3.63) is 67.0 Å². The van der Waals surface area contributed by atoms with Crippen LogP contribution in [0.5, 0.6) is 0 Å². The molecule has 110 valence electrons. The van der Waals surface area contributed by atoms with Crippen LogP contribution < -0.4 is 16.0 Å². The summed E-state index contributed by atoms with van der Waals surface area (Å²) in [5, 5.41) is 3.22. The molecular formula is C17H17N5. The van der Waals surface area contributed by atoms with Crippen LogP contribution in [0.15, 0.2) is 67.0 Å². The predicted octanol–water partition coefficient (Wildman–Crippen LogP) is 3.57. The van der Waals surface area contributed by atoms with Crippen LogP contribution in [0.25, 0.3) is 0 Å². The summed E-state index contributed by atoms with van der Waals surface area (Å²) < 4.78 is 0. The molecule has 0 atom stereocenters. The summed E-state index contributed by atoms with van der Waals surface area (Å²) in [4.78, 5) is 10.5. The van der Waals surface area contributed by atoms with Gasteiger partial charge in [-0.1, -0.05) is 36.4 Å². The van der Waals surface area contributed by atoms with Crippen LogP contribution in [0.2, 0.25) is 0 Å². The summed E-state index contributed by atoms with van der Waals surface area (Å²) in [6.07, 6.45) is 1.51. The van der Waals surface area contributed by atoms with Crippen molar-refractivity contribution in [3.8, 4) is 0 Å². The van der Waals surface area contributed by atoms with Crippen LogP contribution in [0.3, 0.4) is 0 Å². The smallest absolute Gasteiger partial charge is 0.161 e. The lowest BCUT2D eigenvalue weighted by atomic mass is 10.3. The second kappa shape index (κ2) is 6.13. The van der Waals surface area contributed by atoms with Crippen LogP contribution >= 0.6 is 0 Å². The van der Waals surface area contributed by atoms with Crippen molar-refractivity contribution < 1.29 is 0 Å². The summed E-state index contributed by atoms with van der Waals surface area (Å²) >= 11 is 0. The molecule has 1 aromatic heterocycles. The SMILES string of the molecule is CN(c1ccccc1)c1ncnc(Nc2ccccc2)c1N. The monoisotopic (exact) mass is 291 g/mol. The molecule has 0 amide bonds.